The number of hydrogen-bond donors (Lipinski definition) is 1. The highest BCUT2D eigenvalue weighted by Crippen LogP contribution is 2.66. The second-order valence-electron chi connectivity index (χ2n) is 14.2. The van der Waals surface area contributed by atoms with Crippen molar-refractivity contribution in [1.29, 1.82) is 0 Å². The van der Waals surface area contributed by atoms with Crippen molar-refractivity contribution in [3.63, 3.8) is 0 Å². The Morgan fingerprint density at radius 3 is 2.49 bits per heavy atom. The lowest BCUT2D eigenvalue weighted by atomic mass is 9.47. The minimum Gasteiger partial charge on any atom is -0.480 e. The third-order valence-electron chi connectivity index (χ3n) is 11.8. The van der Waals surface area contributed by atoms with Crippen LogP contribution in [0.3, 0.4) is 0 Å². The second-order valence-corrected chi connectivity index (χ2v) is 14.2. The van der Waals surface area contributed by atoms with Crippen molar-refractivity contribution in [1.82, 2.24) is 9.88 Å². The van der Waals surface area contributed by atoms with Crippen LogP contribution in [0.1, 0.15) is 83.3 Å². The zero-order valence-corrected chi connectivity index (χ0v) is 26.8. The Labute approximate surface area is 266 Å². The number of rotatable bonds is 9. The van der Waals surface area contributed by atoms with E-state index in [0.717, 1.165) is 37.7 Å². The van der Waals surface area contributed by atoms with Crippen LogP contribution in [0.15, 0.2) is 72.6 Å². The van der Waals surface area contributed by atoms with Gasteiger partial charge in [-0.3, -0.25) is 14.6 Å². The van der Waals surface area contributed by atoms with Crippen molar-refractivity contribution in [2.45, 2.75) is 90.7 Å². The van der Waals surface area contributed by atoms with Crippen molar-refractivity contribution < 1.29 is 24.2 Å². The van der Waals surface area contributed by atoms with Gasteiger partial charge in [0.2, 0.25) is 5.91 Å². The minimum atomic E-state index is -1.08. The van der Waals surface area contributed by atoms with Gasteiger partial charge in [0.1, 0.15) is 12.1 Å². The van der Waals surface area contributed by atoms with Gasteiger partial charge in [-0.2, -0.15) is 0 Å². The largest absolute Gasteiger partial charge is 0.480 e. The molecule has 1 unspecified atom stereocenters. The Hall–Kier alpha value is -3.74. The molecule has 4 aliphatic carbocycles. The molecule has 0 aliphatic heterocycles. The van der Waals surface area contributed by atoms with Crippen LogP contribution in [-0.4, -0.2) is 51.5 Å². The predicted octanol–water partition coefficient (Wildman–Crippen LogP) is 6.88. The van der Waals surface area contributed by atoms with Crippen molar-refractivity contribution in [2.24, 2.45) is 28.6 Å². The number of esters is 1. The summed E-state index contributed by atoms with van der Waals surface area (Å²) in [7, 11) is 0. The van der Waals surface area contributed by atoms with Crippen molar-refractivity contribution in [2.75, 3.05) is 6.54 Å². The number of ether oxygens (including phenoxy) is 1. The molecule has 0 radical (unpaired) electrons. The SMILES string of the molecule is CC(=O)N(CCC(=O)O[C@H]1CC[C@@]2(C)C(=CC[C@H]3C4CC=C(c5cccnc5)[C@@]4(C)CC[C@@H]32)C1)[C@@H](Cc1ccccc1)C(=O)O. The summed E-state index contributed by atoms with van der Waals surface area (Å²) in [6.45, 7) is 6.30. The summed E-state index contributed by atoms with van der Waals surface area (Å²) in [6.07, 6.45) is 16.0. The van der Waals surface area contributed by atoms with Gasteiger partial charge in [0.25, 0.3) is 0 Å². The fourth-order valence-electron chi connectivity index (χ4n) is 9.42. The average molecular weight is 611 g/mol. The van der Waals surface area contributed by atoms with Gasteiger partial charge in [-0.05, 0) is 89.9 Å². The topological polar surface area (TPSA) is 96.8 Å². The number of carboxylic acids is 1. The van der Waals surface area contributed by atoms with E-state index in [0.29, 0.717) is 17.8 Å². The molecule has 0 saturated heterocycles. The molecular formula is C38H46N2O5. The molecule has 2 aromatic rings. The molecule has 1 aromatic heterocycles. The standard InChI is InChI=1S/C38H46N2O5/c1-25(41)40(34(36(43)44)22-26-8-5-4-6-9-26)21-17-35(42)45-29-15-18-37(2)28(23-29)11-12-30-32-14-13-31(27-10-7-20-39-24-27)38(32,3)19-16-33(30)37/h4-11,13,20,24,29-30,32-34H,12,14-19,21-23H2,1-3H3,(H,43,44)/t29-,30-,32?,33-,34-,37-,38+/m0/s1. The van der Waals surface area contributed by atoms with E-state index in [4.69, 9.17) is 4.74 Å². The van der Waals surface area contributed by atoms with Crippen LogP contribution < -0.4 is 0 Å². The van der Waals surface area contributed by atoms with Crippen molar-refractivity contribution in [3.8, 4) is 0 Å². The molecule has 0 bridgehead atoms. The van der Waals surface area contributed by atoms with Crippen LogP contribution in [0.4, 0.5) is 0 Å². The van der Waals surface area contributed by atoms with E-state index in [9.17, 15) is 19.5 Å². The molecule has 0 spiro atoms. The van der Waals surface area contributed by atoms with Gasteiger partial charge in [0, 0.05) is 38.7 Å². The highest BCUT2D eigenvalue weighted by Gasteiger charge is 2.57. The number of aromatic nitrogens is 1. The lowest BCUT2D eigenvalue weighted by Crippen LogP contribution is -2.50. The van der Waals surface area contributed by atoms with Gasteiger partial charge in [-0.15, -0.1) is 0 Å². The maximum absolute atomic E-state index is 13.0. The number of amides is 1. The summed E-state index contributed by atoms with van der Waals surface area (Å²) in [5.41, 5.74) is 5.33. The van der Waals surface area contributed by atoms with E-state index >= 15 is 0 Å². The summed E-state index contributed by atoms with van der Waals surface area (Å²) >= 11 is 0. The smallest absolute Gasteiger partial charge is 0.326 e. The minimum absolute atomic E-state index is 0.0179. The van der Waals surface area contributed by atoms with E-state index in [1.807, 2.05) is 48.8 Å². The summed E-state index contributed by atoms with van der Waals surface area (Å²) in [5, 5.41) is 9.90. The number of allylic oxidation sites excluding steroid dienone is 3. The van der Waals surface area contributed by atoms with Crippen LogP contribution in [0.2, 0.25) is 0 Å². The first-order valence-corrected chi connectivity index (χ1v) is 16.6. The molecule has 1 amide bonds. The van der Waals surface area contributed by atoms with E-state index in [1.54, 1.807) is 0 Å². The number of nitrogens with zero attached hydrogens (tertiary/aromatic N) is 2. The van der Waals surface area contributed by atoms with Crippen molar-refractivity contribution >= 4 is 23.4 Å². The lowest BCUT2D eigenvalue weighted by Gasteiger charge is -2.57. The number of pyridine rings is 1. The lowest BCUT2D eigenvalue weighted by molar-refractivity contribution is -0.155. The Morgan fingerprint density at radius 2 is 1.78 bits per heavy atom. The molecule has 1 heterocycles. The van der Waals surface area contributed by atoms with Gasteiger partial charge in [-0.1, -0.05) is 68.0 Å². The van der Waals surface area contributed by atoms with E-state index in [-0.39, 0.29) is 48.2 Å². The summed E-state index contributed by atoms with van der Waals surface area (Å²) < 4.78 is 5.98. The number of benzene rings is 1. The molecule has 4 aliphatic rings. The Bertz CT molecular complexity index is 1490. The van der Waals surface area contributed by atoms with E-state index in [2.05, 4.69) is 37.0 Å². The predicted molar refractivity (Wildman–Crippen MR) is 173 cm³/mol. The number of hydrogen-bond acceptors (Lipinski definition) is 5. The van der Waals surface area contributed by atoms with E-state index < -0.39 is 12.0 Å². The summed E-state index contributed by atoms with van der Waals surface area (Å²) in [6, 6.07) is 12.4. The number of carbonyl (C=O) groups is 3. The highest BCUT2D eigenvalue weighted by molar-refractivity contribution is 5.83. The van der Waals surface area contributed by atoms with Crippen LogP contribution >= 0.6 is 0 Å². The quantitative estimate of drug-likeness (QED) is 0.246. The number of fused-ring (bicyclic) bond motifs is 5. The second kappa shape index (κ2) is 12.6. The number of carbonyl (C=O) groups excluding carboxylic acids is 2. The molecule has 238 valence electrons. The molecule has 2 saturated carbocycles. The van der Waals surface area contributed by atoms with Crippen LogP contribution in [0.25, 0.3) is 5.57 Å². The van der Waals surface area contributed by atoms with Crippen LogP contribution in [0.5, 0.6) is 0 Å². The molecule has 6 rings (SSSR count). The number of carboxylic acid groups (broad SMARTS) is 1. The fourth-order valence-corrected chi connectivity index (χ4v) is 9.42. The Balaban J connectivity index is 1.07. The van der Waals surface area contributed by atoms with Gasteiger partial charge >= 0.3 is 11.9 Å². The molecule has 7 atom stereocenters. The summed E-state index contributed by atoms with van der Waals surface area (Å²) in [4.78, 5) is 43.3. The number of aliphatic carboxylic acids is 1. The first-order chi connectivity index (χ1) is 21.6. The fraction of sp³-hybridized carbons (Fsp3) is 0.526. The average Bonchev–Trinajstić information content (AvgIpc) is 3.38. The molecular weight excluding hydrogens is 564 g/mol. The van der Waals surface area contributed by atoms with Crippen LogP contribution in [-0.2, 0) is 25.5 Å². The highest BCUT2D eigenvalue weighted by atomic mass is 16.5. The van der Waals surface area contributed by atoms with Gasteiger partial charge in [0.15, 0.2) is 0 Å². The zero-order chi connectivity index (χ0) is 31.8. The maximum Gasteiger partial charge on any atom is 0.326 e. The summed E-state index contributed by atoms with van der Waals surface area (Å²) in [5.74, 6) is 0.100. The maximum atomic E-state index is 13.0. The van der Waals surface area contributed by atoms with Gasteiger partial charge in [-0.25, -0.2) is 4.79 Å². The molecule has 45 heavy (non-hydrogen) atoms. The third-order valence-corrected chi connectivity index (χ3v) is 11.8. The Kier molecular flexibility index (Phi) is 8.73. The third kappa shape index (κ3) is 5.98. The van der Waals surface area contributed by atoms with Crippen molar-refractivity contribution in [3.05, 3.63) is 83.7 Å². The Morgan fingerprint density at radius 1 is 1.00 bits per heavy atom. The van der Waals surface area contributed by atoms with Gasteiger partial charge in [0.05, 0.1) is 6.42 Å². The molecule has 1 N–H and O–H groups in total. The molecule has 7 nitrogen and oxygen atoms in total. The zero-order valence-electron chi connectivity index (χ0n) is 26.8. The van der Waals surface area contributed by atoms with Crippen LogP contribution in [0, 0.1) is 28.6 Å². The normalized spacial score (nSPS) is 30.9. The first-order valence-electron chi connectivity index (χ1n) is 16.6. The molecule has 2 fully saturated rings. The van der Waals surface area contributed by atoms with E-state index in [1.165, 1.54) is 41.4 Å². The first kappa shape index (κ1) is 31.3. The monoisotopic (exact) mass is 610 g/mol. The molecule has 1 aromatic carbocycles. The van der Waals surface area contributed by atoms with Gasteiger partial charge < -0.3 is 14.7 Å². The molecule has 7 heteroatoms.